The molecule has 5 aromatic rings. The Labute approximate surface area is 223 Å². The second-order valence-electron chi connectivity index (χ2n) is 9.09. The number of furan rings is 1. The second kappa shape index (κ2) is 11.6. The van der Waals surface area contributed by atoms with Gasteiger partial charge in [0.1, 0.15) is 18.1 Å². The SMILES string of the molecule is Cc1cc(C(=O)NCCc2ccco2)ccc1-c1cccc(COc2ccc(Cn3oc(=O)[nH]c3=O)cc2)c1. The molecule has 198 valence electrons. The molecule has 0 unspecified atom stereocenters. The topological polar surface area (TPSA) is 119 Å². The smallest absolute Gasteiger partial charge is 0.440 e. The van der Waals surface area contributed by atoms with Crippen LogP contribution in [0.5, 0.6) is 5.75 Å². The molecule has 0 aliphatic heterocycles. The van der Waals surface area contributed by atoms with Crippen LogP contribution in [0.4, 0.5) is 0 Å². The molecule has 3 aromatic carbocycles. The van der Waals surface area contributed by atoms with Gasteiger partial charge in [-0.2, -0.15) is 0 Å². The molecule has 0 atom stereocenters. The highest BCUT2D eigenvalue weighted by molar-refractivity contribution is 5.95. The van der Waals surface area contributed by atoms with E-state index in [9.17, 15) is 14.4 Å². The van der Waals surface area contributed by atoms with Gasteiger partial charge in [-0.05, 0) is 77.2 Å². The number of carbonyl (C=O) groups is 1. The van der Waals surface area contributed by atoms with Crippen molar-refractivity contribution in [2.24, 2.45) is 0 Å². The number of aryl methyl sites for hydroxylation is 1. The number of aromatic nitrogens is 2. The molecule has 5 rings (SSSR count). The van der Waals surface area contributed by atoms with Crippen LogP contribution in [0.15, 0.2) is 104 Å². The number of H-pyrrole nitrogens is 1. The zero-order valence-electron chi connectivity index (χ0n) is 21.3. The van der Waals surface area contributed by atoms with Crippen molar-refractivity contribution in [3.05, 3.63) is 134 Å². The summed E-state index contributed by atoms with van der Waals surface area (Å²) in [6, 6.07) is 24.7. The highest BCUT2D eigenvalue weighted by atomic mass is 16.5. The lowest BCUT2D eigenvalue weighted by molar-refractivity contribution is 0.0953. The summed E-state index contributed by atoms with van der Waals surface area (Å²) in [5, 5.41) is 2.93. The number of rotatable bonds is 10. The number of hydrogen-bond acceptors (Lipinski definition) is 6. The number of hydrogen-bond donors (Lipinski definition) is 2. The van der Waals surface area contributed by atoms with Crippen molar-refractivity contribution < 1.29 is 18.5 Å². The quantitative estimate of drug-likeness (QED) is 0.281. The number of carbonyl (C=O) groups excluding carboxylic acids is 1. The minimum Gasteiger partial charge on any atom is -0.489 e. The van der Waals surface area contributed by atoms with Crippen LogP contribution >= 0.6 is 0 Å². The van der Waals surface area contributed by atoms with E-state index >= 15 is 0 Å². The van der Waals surface area contributed by atoms with E-state index in [1.54, 1.807) is 18.4 Å². The van der Waals surface area contributed by atoms with Crippen molar-refractivity contribution in [1.29, 1.82) is 0 Å². The molecule has 0 radical (unpaired) electrons. The molecule has 2 aromatic heterocycles. The van der Waals surface area contributed by atoms with Crippen molar-refractivity contribution in [1.82, 2.24) is 15.0 Å². The third-order valence-corrected chi connectivity index (χ3v) is 6.25. The maximum Gasteiger partial charge on any atom is 0.440 e. The number of aromatic amines is 1. The molecule has 0 aliphatic carbocycles. The lowest BCUT2D eigenvalue weighted by Gasteiger charge is -2.12. The molecule has 0 aliphatic rings. The third-order valence-electron chi connectivity index (χ3n) is 6.25. The highest BCUT2D eigenvalue weighted by Crippen LogP contribution is 2.26. The van der Waals surface area contributed by atoms with Crippen LogP contribution in [0.2, 0.25) is 0 Å². The predicted molar refractivity (Wildman–Crippen MR) is 145 cm³/mol. The normalized spacial score (nSPS) is 10.9. The summed E-state index contributed by atoms with van der Waals surface area (Å²) in [5.74, 6) is 0.611. The fourth-order valence-electron chi connectivity index (χ4n) is 4.26. The van der Waals surface area contributed by atoms with Crippen LogP contribution in [-0.2, 0) is 19.6 Å². The van der Waals surface area contributed by atoms with Gasteiger partial charge in [-0.1, -0.05) is 36.4 Å². The zero-order chi connectivity index (χ0) is 27.2. The molecular weight excluding hydrogens is 498 g/mol. The Hall–Kier alpha value is -5.05. The van der Waals surface area contributed by atoms with E-state index in [-0.39, 0.29) is 12.5 Å². The molecule has 0 spiro atoms. The first-order valence-electron chi connectivity index (χ1n) is 12.5. The Bertz CT molecular complexity index is 1680. The summed E-state index contributed by atoms with van der Waals surface area (Å²) in [6.45, 7) is 3.01. The molecule has 9 nitrogen and oxygen atoms in total. The fraction of sp³-hybridized carbons (Fsp3) is 0.167. The van der Waals surface area contributed by atoms with Crippen molar-refractivity contribution in [2.45, 2.75) is 26.5 Å². The molecule has 2 heterocycles. The van der Waals surface area contributed by atoms with Gasteiger partial charge < -0.3 is 19.0 Å². The van der Waals surface area contributed by atoms with E-state index in [0.717, 1.165) is 38.3 Å². The summed E-state index contributed by atoms with van der Waals surface area (Å²) in [6.07, 6.45) is 2.27. The van der Waals surface area contributed by atoms with Gasteiger partial charge >= 0.3 is 11.4 Å². The summed E-state index contributed by atoms with van der Waals surface area (Å²) < 4.78 is 17.0. The summed E-state index contributed by atoms with van der Waals surface area (Å²) in [7, 11) is 0. The predicted octanol–water partition coefficient (Wildman–Crippen LogP) is 4.30. The van der Waals surface area contributed by atoms with Crippen molar-refractivity contribution >= 4 is 5.91 Å². The average Bonchev–Trinajstić information content (AvgIpc) is 3.57. The van der Waals surface area contributed by atoms with Gasteiger partial charge in [-0.15, -0.1) is 4.74 Å². The van der Waals surface area contributed by atoms with E-state index in [1.807, 2.05) is 67.6 Å². The first-order chi connectivity index (χ1) is 18.9. The number of nitrogens with zero attached hydrogens (tertiary/aromatic N) is 1. The lowest BCUT2D eigenvalue weighted by atomic mass is 9.97. The highest BCUT2D eigenvalue weighted by Gasteiger charge is 2.10. The fourth-order valence-corrected chi connectivity index (χ4v) is 4.26. The van der Waals surface area contributed by atoms with Crippen LogP contribution in [0, 0.1) is 6.92 Å². The van der Waals surface area contributed by atoms with Gasteiger partial charge in [0.25, 0.3) is 5.91 Å². The minimum atomic E-state index is -0.782. The standard InChI is InChI=1S/C30H27N3O6/c1-20-16-24(28(34)31-14-13-25-6-3-15-37-25)9-12-27(20)23-5-2-4-22(17-23)19-38-26-10-7-21(8-11-26)18-33-29(35)32-30(36)39-33/h2-12,15-17H,13-14,18-19H2,1H3,(H,31,34)(H,32,35,36). The third kappa shape index (κ3) is 6.45. The lowest BCUT2D eigenvalue weighted by Crippen LogP contribution is -2.25. The maximum absolute atomic E-state index is 12.6. The molecule has 2 N–H and O–H groups in total. The molecule has 0 saturated heterocycles. The minimum absolute atomic E-state index is 0.117. The maximum atomic E-state index is 12.6. The van der Waals surface area contributed by atoms with Gasteiger partial charge in [0.05, 0.1) is 12.8 Å². The van der Waals surface area contributed by atoms with Crippen LogP contribution in [-0.4, -0.2) is 22.2 Å². The Morgan fingerprint density at radius 1 is 0.974 bits per heavy atom. The number of amides is 1. The van der Waals surface area contributed by atoms with Crippen LogP contribution in [0.3, 0.4) is 0 Å². The molecular formula is C30H27N3O6. The number of benzene rings is 3. The van der Waals surface area contributed by atoms with E-state index in [1.165, 1.54) is 0 Å². The monoisotopic (exact) mass is 525 g/mol. The number of ether oxygens (including phenoxy) is 1. The van der Waals surface area contributed by atoms with Crippen LogP contribution < -0.4 is 21.5 Å². The van der Waals surface area contributed by atoms with Crippen LogP contribution in [0.25, 0.3) is 11.1 Å². The Balaban J connectivity index is 1.19. The Morgan fingerprint density at radius 2 is 1.82 bits per heavy atom. The van der Waals surface area contributed by atoms with E-state index in [2.05, 4.69) is 16.4 Å². The summed E-state index contributed by atoms with van der Waals surface area (Å²) in [4.78, 5) is 37.4. The molecule has 39 heavy (non-hydrogen) atoms. The van der Waals surface area contributed by atoms with E-state index in [4.69, 9.17) is 13.7 Å². The van der Waals surface area contributed by atoms with Gasteiger partial charge in [0.2, 0.25) is 0 Å². The Morgan fingerprint density at radius 3 is 2.54 bits per heavy atom. The Kier molecular flexibility index (Phi) is 7.58. The van der Waals surface area contributed by atoms with Crippen molar-refractivity contribution in [3.63, 3.8) is 0 Å². The molecule has 9 heteroatoms. The van der Waals surface area contributed by atoms with Crippen molar-refractivity contribution in [2.75, 3.05) is 6.54 Å². The molecule has 1 amide bonds. The summed E-state index contributed by atoms with van der Waals surface area (Å²) >= 11 is 0. The molecule has 0 fully saturated rings. The largest absolute Gasteiger partial charge is 0.489 e. The molecule has 0 saturated carbocycles. The van der Waals surface area contributed by atoms with Crippen molar-refractivity contribution in [3.8, 4) is 16.9 Å². The van der Waals surface area contributed by atoms with Crippen LogP contribution in [0.1, 0.15) is 32.8 Å². The van der Waals surface area contributed by atoms with Gasteiger partial charge in [0.15, 0.2) is 0 Å². The van der Waals surface area contributed by atoms with E-state index in [0.29, 0.717) is 30.9 Å². The number of nitrogens with one attached hydrogen (secondary N) is 2. The molecule has 0 bridgehead atoms. The van der Waals surface area contributed by atoms with Gasteiger partial charge in [0, 0.05) is 18.5 Å². The zero-order valence-corrected chi connectivity index (χ0v) is 21.3. The van der Waals surface area contributed by atoms with Gasteiger partial charge in [-0.25, -0.2) is 14.6 Å². The van der Waals surface area contributed by atoms with Gasteiger partial charge in [-0.3, -0.25) is 4.79 Å². The van der Waals surface area contributed by atoms with E-state index < -0.39 is 11.4 Å². The summed E-state index contributed by atoms with van der Waals surface area (Å²) in [5.41, 5.74) is 4.89. The second-order valence-corrected chi connectivity index (χ2v) is 9.09. The first kappa shape index (κ1) is 25.6. The first-order valence-corrected chi connectivity index (χ1v) is 12.5. The average molecular weight is 526 g/mol.